The number of benzene rings is 1. The van der Waals surface area contributed by atoms with Crippen LogP contribution < -0.4 is 4.74 Å². The van der Waals surface area contributed by atoms with Crippen molar-refractivity contribution in [3.63, 3.8) is 0 Å². The SMILES string of the molecule is COc1ccc(CN2CCC[C@@]3(CCN(Cc4ccncc4)C3=O)C2)cc1. The number of likely N-dealkylation sites (tertiary alicyclic amines) is 2. The number of aromatic nitrogens is 1. The Kier molecular flexibility index (Phi) is 5.12. The molecule has 4 rings (SSSR count). The summed E-state index contributed by atoms with van der Waals surface area (Å²) >= 11 is 0. The van der Waals surface area contributed by atoms with Crippen LogP contribution in [0.2, 0.25) is 0 Å². The van der Waals surface area contributed by atoms with Crippen LogP contribution in [-0.2, 0) is 17.9 Å². The van der Waals surface area contributed by atoms with Crippen molar-refractivity contribution in [1.82, 2.24) is 14.8 Å². The number of hydrogen-bond acceptors (Lipinski definition) is 4. The average Bonchev–Trinajstić information content (AvgIpc) is 2.99. The van der Waals surface area contributed by atoms with Gasteiger partial charge in [0.1, 0.15) is 5.75 Å². The molecule has 0 aliphatic carbocycles. The van der Waals surface area contributed by atoms with Crippen LogP contribution in [0.1, 0.15) is 30.4 Å². The number of amides is 1. The number of ether oxygens (including phenoxy) is 1. The van der Waals surface area contributed by atoms with Crippen molar-refractivity contribution >= 4 is 5.91 Å². The number of nitrogens with zero attached hydrogens (tertiary/aromatic N) is 3. The first-order chi connectivity index (χ1) is 13.2. The van der Waals surface area contributed by atoms with E-state index in [0.29, 0.717) is 12.5 Å². The molecule has 0 radical (unpaired) electrons. The van der Waals surface area contributed by atoms with Crippen molar-refractivity contribution in [1.29, 1.82) is 0 Å². The molecule has 5 heteroatoms. The van der Waals surface area contributed by atoms with E-state index in [-0.39, 0.29) is 5.41 Å². The minimum atomic E-state index is -0.197. The molecule has 2 saturated heterocycles. The lowest BCUT2D eigenvalue weighted by Crippen LogP contribution is -2.47. The molecular formula is C22H27N3O2. The second-order valence-electron chi connectivity index (χ2n) is 7.77. The van der Waals surface area contributed by atoms with E-state index in [1.807, 2.05) is 29.2 Å². The molecule has 3 heterocycles. The van der Waals surface area contributed by atoms with Crippen molar-refractivity contribution in [2.75, 3.05) is 26.7 Å². The average molecular weight is 365 g/mol. The van der Waals surface area contributed by atoms with E-state index >= 15 is 0 Å². The van der Waals surface area contributed by atoms with Gasteiger partial charge in [0.05, 0.1) is 12.5 Å². The summed E-state index contributed by atoms with van der Waals surface area (Å²) in [7, 11) is 1.69. The fourth-order valence-electron chi connectivity index (χ4n) is 4.48. The van der Waals surface area contributed by atoms with Crippen molar-refractivity contribution < 1.29 is 9.53 Å². The Bertz CT molecular complexity index is 778. The molecule has 0 saturated carbocycles. The van der Waals surface area contributed by atoms with E-state index in [1.165, 1.54) is 5.56 Å². The van der Waals surface area contributed by atoms with Crippen LogP contribution in [0.5, 0.6) is 5.75 Å². The standard InChI is InChI=1S/C22H27N3O2/c1-27-20-5-3-18(4-6-20)15-24-13-2-9-22(17-24)10-14-25(21(22)26)16-19-7-11-23-12-8-19/h3-8,11-12H,2,9-10,13-17H2,1H3/t22-/m1/s1. The van der Waals surface area contributed by atoms with Crippen LogP contribution in [0.4, 0.5) is 0 Å². The zero-order valence-corrected chi connectivity index (χ0v) is 15.9. The topological polar surface area (TPSA) is 45.7 Å². The maximum Gasteiger partial charge on any atom is 0.230 e. The maximum absolute atomic E-state index is 13.2. The highest BCUT2D eigenvalue weighted by molar-refractivity contribution is 5.85. The van der Waals surface area contributed by atoms with Crippen LogP contribution in [0.3, 0.4) is 0 Å². The van der Waals surface area contributed by atoms with Crippen LogP contribution in [0, 0.1) is 5.41 Å². The lowest BCUT2D eigenvalue weighted by atomic mass is 9.78. The van der Waals surface area contributed by atoms with E-state index in [1.54, 1.807) is 19.5 Å². The summed E-state index contributed by atoms with van der Waals surface area (Å²) in [6.45, 7) is 4.37. The van der Waals surface area contributed by atoms with Gasteiger partial charge in [0.2, 0.25) is 5.91 Å². The molecule has 27 heavy (non-hydrogen) atoms. The van der Waals surface area contributed by atoms with Gasteiger partial charge in [-0.3, -0.25) is 14.7 Å². The summed E-state index contributed by atoms with van der Waals surface area (Å²) in [5.74, 6) is 1.21. The van der Waals surface area contributed by atoms with Crippen molar-refractivity contribution in [3.05, 3.63) is 59.9 Å². The molecule has 0 unspecified atom stereocenters. The number of hydrogen-bond donors (Lipinski definition) is 0. The van der Waals surface area contributed by atoms with Crippen molar-refractivity contribution in [2.45, 2.75) is 32.4 Å². The van der Waals surface area contributed by atoms with Crippen molar-refractivity contribution in [3.8, 4) is 5.75 Å². The maximum atomic E-state index is 13.2. The molecular weight excluding hydrogens is 338 g/mol. The first-order valence-corrected chi connectivity index (χ1v) is 9.72. The monoisotopic (exact) mass is 365 g/mol. The molecule has 2 aliphatic rings. The third-order valence-electron chi connectivity index (χ3n) is 5.95. The molecule has 1 aromatic heterocycles. The van der Waals surface area contributed by atoms with Crippen LogP contribution in [0.25, 0.3) is 0 Å². The summed E-state index contributed by atoms with van der Waals surface area (Å²) in [5.41, 5.74) is 2.23. The quantitative estimate of drug-likeness (QED) is 0.817. The van der Waals surface area contributed by atoms with E-state index in [4.69, 9.17) is 4.74 Å². The molecule has 2 aliphatic heterocycles. The first kappa shape index (κ1) is 18.0. The smallest absolute Gasteiger partial charge is 0.230 e. The Balaban J connectivity index is 1.41. The van der Waals surface area contributed by atoms with Gasteiger partial charge >= 0.3 is 0 Å². The van der Waals surface area contributed by atoms with E-state index < -0.39 is 0 Å². The van der Waals surface area contributed by atoms with Gasteiger partial charge in [0, 0.05) is 38.6 Å². The number of pyridine rings is 1. The van der Waals surface area contributed by atoms with Crippen LogP contribution >= 0.6 is 0 Å². The molecule has 5 nitrogen and oxygen atoms in total. The number of rotatable bonds is 5. The predicted octanol–water partition coefficient (Wildman–Crippen LogP) is 3.10. The van der Waals surface area contributed by atoms with Gasteiger partial charge in [-0.15, -0.1) is 0 Å². The summed E-state index contributed by atoms with van der Waals surface area (Å²) in [5, 5.41) is 0. The van der Waals surface area contributed by atoms with Gasteiger partial charge in [0.15, 0.2) is 0 Å². The van der Waals surface area contributed by atoms with Gasteiger partial charge in [0.25, 0.3) is 0 Å². The lowest BCUT2D eigenvalue weighted by Gasteiger charge is -2.39. The molecule has 1 aromatic carbocycles. The van der Waals surface area contributed by atoms with Crippen LogP contribution in [-0.4, -0.2) is 47.4 Å². The van der Waals surface area contributed by atoms with Gasteiger partial charge in [-0.25, -0.2) is 0 Å². The molecule has 1 atom stereocenters. The zero-order valence-electron chi connectivity index (χ0n) is 15.9. The third kappa shape index (κ3) is 3.83. The van der Waals surface area contributed by atoms with Gasteiger partial charge in [-0.05, 0) is 61.2 Å². The molecule has 1 spiro atoms. The highest BCUT2D eigenvalue weighted by Gasteiger charge is 2.48. The number of carbonyl (C=O) groups is 1. The Morgan fingerprint density at radius 3 is 2.48 bits per heavy atom. The summed E-state index contributed by atoms with van der Waals surface area (Å²) in [6.07, 6.45) is 6.66. The summed E-state index contributed by atoms with van der Waals surface area (Å²) in [4.78, 5) is 21.8. The Hall–Kier alpha value is -2.40. The van der Waals surface area contributed by atoms with E-state index in [9.17, 15) is 4.79 Å². The van der Waals surface area contributed by atoms with Gasteiger partial charge in [-0.1, -0.05) is 12.1 Å². The Labute approximate surface area is 161 Å². The highest BCUT2D eigenvalue weighted by atomic mass is 16.5. The molecule has 0 N–H and O–H groups in total. The highest BCUT2D eigenvalue weighted by Crippen LogP contribution is 2.41. The van der Waals surface area contributed by atoms with Gasteiger partial charge < -0.3 is 9.64 Å². The largest absolute Gasteiger partial charge is 0.497 e. The number of methoxy groups -OCH3 is 1. The molecule has 1 amide bonds. The Morgan fingerprint density at radius 1 is 1.00 bits per heavy atom. The summed E-state index contributed by atoms with van der Waals surface area (Å²) in [6, 6.07) is 12.2. The molecule has 0 bridgehead atoms. The number of carbonyl (C=O) groups excluding carboxylic acids is 1. The molecule has 142 valence electrons. The van der Waals surface area contributed by atoms with Gasteiger partial charge in [-0.2, -0.15) is 0 Å². The summed E-state index contributed by atoms with van der Waals surface area (Å²) < 4.78 is 5.24. The molecule has 2 aromatic rings. The second kappa shape index (κ2) is 7.69. The van der Waals surface area contributed by atoms with E-state index in [0.717, 1.165) is 56.8 Å². The Morgan fingerprint density at radius 2 is 1.74 bits per heavy atom. The first-order valence-electron chi connectivity index (χ1n) is 9.72. The van der Waals surface area contributed by atoms with Crippen LogP contribution in [0.15, 0.2) is 48.8 Å². The predicted molar refractivity (Wildman–Crippen MR) is 104 cm³/mol. The van der Waals surface area contributed by atoms with Crippen molar-refractivity contribution in [2.24, 2.45) is 5.41 Å². The number of piperidine rings is 1. The minimum absolute atomic E-state index is 0.197. The lowest BCUT2D eigenvalue weighted by molar-refractivity contribution is -0.139. The van der Waals surface area contributed by atoms with E-state index in [2.05, 4.69) is 22.0 Å². The zero-order chi connectivity index (χ0) is 18.7. The normalized spacial score (nSPS) is 23.1. The fourth-order valence-corrected chi connectivity index (χ4v) is 4.48. The second-order valence-corrected chi connectivity index (χ2v) is 7.77. The minimum Gasteiger partial charge on any atom is -0.497 e. The third-order valence-corrected chi connectivity index (χ3v) is 5.95. The fraction of sp³-hybridized carbons (Fsp3) is 0.455. The molecule has 2 fully saturated rings.